The molecule has 0 atom stereocenters. The number of halogens is 2. The highest BCUT2D eigenvalue weighted by Gasteiger charge is 2.26. The Hall–Kier alpha value is -4.60. The summed E-state index contributed by atoms with van der Waals surface area (Å²) in [6.45, 7) is 0.189. The van der Waals surface area contributed by atoms with E-state index in [0.29, 0.717) is 45.7 Å². The zero-order chi connectivity index (χ0) is 24.8. The molecule has 5 aromatic rings. The topological polar surface area (TPSA) is 115 Å². The first kappa shape index (κ1) is 21.9. The number of aromatic amines is 1. The fraction of sp³-hybridized carbons (Fsp3) is 0.154. The Bertz CT molecular complexity index is 1600. The number of imidazole rings is 1. The van der Waals surface area contributed by atoms with Crippen LogP contribution in [0.4, 0.5) is 14.5 Å². The van der Waals surface area contributed by atoms with Crippen LogP contribution in [0.5, 0.6) is 0 Å². The summed E-state index contributed by atoms with van der Waals surface area (Å²) in [7, 11) is 0. The monoisotopic (exact) mass is 485 g/mol. The highest BCUT2D eigenvalue weighted by molar-refractivity contribution is 6.02. The van der Waals surface area contributed by atoms with Crippen molar-refractivity contribution >= 4 is 22.5 Å². The number of anilines is 1. The minimum absolute atomic E-state index is 0.189. The summed E-state index contributed by atoms with van der Waals surface area (Å²) in [5.41, 5.74) is 9.64. The second-order valence-corrected chi connectivity index (χ2v) is 8.79. The molecule has 4 N–H and O–H groups in total. The zero-order valence-electron chi connectivity index (χ0n) is 19.0. The number of nitrogens with two attached hydrogens (primary N) is 1. The molecule has 2 aromatic carbocycles. The van der Waals surface area contributed by atoms with Crippen molar-refractivity contribution in [3.63, 3.8) is 0 Å². The molecule has 180 valence electrons. The van der Waals surface area contributed by atoms with Crippen LogP contribution in [0, 0.1) is 11.6 Å². The molecule has 0 spiro atoms. The molecule has 1 fully saturated rings. The van der Waals surface area contributed by atoms with Crippen molar-refractivity contribution in [2.45, 2.75) is 25.4 Å². The molecule has 36 heavy (non-hydrogen) atoms. The molecule has 0 aliphatic heterocycles. The Kier molecular flexibility index (Phi) is 5.21. The number of hydrogen-bond acceptors (Lipinski definition) is 5. The van der Waals surface area contributed by atoms with Crippen molar-refractivity contribution in [2.75, 3.05) is 5.32 Å². The van der Waals surface area contributed by atoms with Crippen LogP contribution in [0.25, 0.3) is 33.5 Å². The molecule has 0 radical (unpaired) electrons. The normalized spacial score (nSPS) is 13.3. The van der Waals surface area contributed by atoms with Crippen LogP contribution in [-0.4, -0.2) is 30.6 Å². The summed E-state index contributed by atoms with van der Waals surface area (Å²) in [5.74, 6) is -1.33. The van der Waals surface area contributed by atoms with Gasteiger partial charge in [0.25, 0.3) is 0 Å². The number of H-pyrrole nitrogens is 1. The Balaban J connectivity index is 1.44. The lowest BCUT2D eigenvalue weighted by Gasteiger charge is -2.07. The number of pyridine rings is 1. The van der Waals surface area contributed by atoms with Gasteiger partial charge in [-0.3, -0.25) is 14.5 Å². The molecule has 0 bridgehead atoms. The second-order valence-electron chi connectivity index (χ2n) is 8.79. The highest BCUT2D eigenvalue weighted by Crippen LogP contribution is 2.37. The number of primary amides is 1. The number of fused-ring (bicyclic) bond motifs is 1. The third kappa shape index (κ3) is 4.17. The number of aromatic nitrogens is 5. The van der Waals surface area contributed by atoms with Crippen LogP contribution in [0.1, 0.15) is 35.1 Å². The largest absolute Gasteiger partial charge is 0.378 e. The first-order chi connectivity index (χ1) is 17.4. The SMILES string of the molecule is NC(=O)c1ccc2nccc(-c3[nH]c(CNc4cc(F)cc(F)c4)nc3-c3ccn(C4CC4)n3)c2c1. The van der Waals surface area contributed by atoms with Gasteiger partial charge in [-0.05, 0) is 55.3 Å². The molecule has 3 heterocycles. The van der Waals surface area contributed by atoms with Gasteiger partial charge in [-0.25, -0.2) is 13.8 Å². The fourth-order valence-electron chi connectivity index (χ4n) is 4.25. The lowest BCUT2D eigenvalue weighted by molar-refractivity contribution is 0.100. The van der Waals surface area contributed by atoms with Crippen molar-refractivity contribution in [3.05, 3.63) is 83.9 Å². The van der Waals surface area contributed by atoms with Gasteiger partial charge in [0, 0.05) is 40.7 Å². The van der Waals surface area contributed by atoms with Gasteiger partial charge in [0.1, 0.15) is 28.8 Å². The van der Waals surface area contributed by atoms with Gasteiger partial charge in [0.05, 0.1) is 23.8 Å². The van der Waals surface area contributed by atoms with Crippen LogP contribution in [0.2, 0.25) is 0 Å². The lowest BCUT2D eigenvalue weighted by Crippen LogP contribution is -2.10. The van der Waals surface area contributed by atoms with Gasteiger partial charge in [-0.15, -0.1) is 0 Å². The average molecular weight is 485 g/mol. The van der Waals surface area contributed by atoms with Gasteiger partial charge in [0.15, 0.2) is 0 Å². The van der Waals surface area contributed by atoms with Crippen molar-refractivity contribution < 1.29 is 13.6 Å². The van der Waals surface area contributed by atoms with E-state index in [0.717, 1.165) is 29.9 Å². The Morgan fingerprint density at radius 3 is 2.67 bits per heavy atom. The summed E-state index contributed by atoms with van der Waals surface area (Å²) in [6, 6.07) is 12.5. The average Bonchev–Trinajstić information content (AvgIpc) is 3.43. The summed E-state index contributed by atoms with van der Waals surface area (Å²) < 4.78 is 29.2. The Morgan fingerprint density at radius 1 is 1.11 bits per heavy atom. The molecule has 0 unspecified atom stereocenters. The first-order valence-corrected chi connectivity index (χ1v) is 11.5. The molecule has 1 saturated carbocycles. The first-order valence-electron chi connectivity index (χ1n) is 11.5. The molecular weight excluding hydrogens is 464 g/mol. The van der Waals surface area contributed by atoms with E-state index in [1.54, 1.807) is 24.4 Å². The number of nitrogens with zero attached hydrogens (tertiary/aromatic N) is 4. The van der Waals surface area contributed by atoms with Gasteiger partial charge >= 0.3 is 0 Å². The van der Waals surface area contributed by atoms with Gasteiger partial charge in [0.2, 0.25) is 5.91 Å². The Labute approximate surface area is 204 Å². The quantitative estimate of drug-likeness (QED) is 0.306. The molecule has 1 aliphatic rings. The summed E-state index contributed by atoms with van der Waals surface area (Å²) in [6.07, 6.45) is 5.81. The zero-order valence-corrected chi connectivity index (χ0v) is 19.0. The molecule has 3 aromatic heterocycles. The number of nitrogens with one attached hydrogen (secondary N) is 2. The molecule has 10 heteroatoms. The van der Waals surface area contributed by atoms with E-state index in [9.17, 15) is 13.6 Å². The Morgan fingerprint density at radius 2 is 1.92 bits per heavy atom. The predicted molar refractivity (Wildman–Crippen MR) is 131 cm³/mol. The van der Waals surface area contributed by atoms with E-state index in [1.165, 1.54) is 12.1 Å². The maximum absolute atomic E-state index is 13.6. The van der Waals surface area contributed by atoms with E-state index in [-0.39, 0.29) is 6.54 Å². The third-order valence-electron chi connectivity index (χ3n) is 6.14. The predicted octanol–water partition coefficient (Wildman–Crippen LogP) is 4.81. The van der Waals surface area contributed by atoms with Crippen LogP contribution in [0.3, 0.4) is 0 Å². The van der Waals surface area contributed by atoms with E-state index in [2.05, 4.69) is 15.3 Å². The van der Waals surface area contributed by atoms with E-state index < -0.39 is 17.5 Å². The molecular formula is C26H21F2N7O. The number of hydrogen-bond donors (Lipinski definition) is 3. The molecule has 1 amide bonds. The second kappa shape index (κ2) is 8.56. The standard InChI is InChI=1S/C26H21F2N7O/c27-15-10-16(28)12-17(11-15)31-13-23-32-24(25(33-23)22-6-8-35(34-22)18-2-3-18)19-5-7-30-21-4-1-14(26(29)36)9-20(19)21/h1,4-12,18,31H,2-3,13H2,(H2,29,36)(H,32,33). The minimum atomic E-state index is -0.669. The fourth-order valence-corrected chi connectivity index (χ4v) is 4.25. The maximum Gasteiger partial charge on any atom is 0.248 e. The number of amides is 1. The van der Waals surface area contributed by atoms with Gasteiger partial charge in [-0.2, -0.15) is 5.10 Å². The van der Waals surface area contributed by atoms with E-state index in [4.69, 9.17) is 15.8 Å². The highest BCUT2D eigenvalue weighted by atomic mass is 19.1. The molecule has 1 aliphatic carbocycles. The third-order valence-corrected chi connectivity index (χ3v) is 6.14. The van der Waals surface area contributed by atoms with Crippen LogP contribution in [-0.2, 0) is 6.54 Å². The summed E-state index contributed by atoms with van der Waals surface area (Å²) >= 11 is 0. The van der Waals surface area contributed by atoms with E-state index >= 15 is 0 Å². The molecule has 6 rings (SSSR count). The van der Waals surface area contributed by atoms with Crippen LogP contribution < -0.4 is 11.1 Å². The van der Waals surface area contributed by atoms with Crippen molar-refractivity contribution in [1.82, 2.24) is 24.7 Å². The number of benzene rings is 2. The van der Waals surface area contributed by atoms with Crippen LogP contribution >= 0.6 is 0 Å². The number of carbonyl (C=O) groups excluding carboxylic acids is 1. The molecule has 0 saturated heterocycles. The van der Waals surface area contributed by atoms with E-state index in [1.807, 2.05) is 23.0 Å². The maximum atomic E-state index is 13.6. The van der Waals surface area contributed by atoms with Crippen molar-refractivity contribution in [1.29, 1.82) is 0 Å². The van der Waals surface area contributed by atoms with Gasteiger partial charge in [-0.1, -0.05) is 0 Å². The summed E-state index contributed by atoms with van der Waals surface area (Å²) in [5, 5.41) is 8.47. The molecule has 8 nitrogen and oxygen atoms in total. The number of rotatable bonds is 7. The van der Waals surface area contributed by atoms with Crippen molar-refractivity contribution in [3.8, 4) is 22.6 Å². The summed E-state index contributed by atoms with van der Waals surface area (Å²) in [4.78, 5) is 24.4. The van der Waals surface area contributed by atoms with Crippen LogP contribution in [0.15, 0.2) is 60.9 Å². The van der Waals surface area contributed by atoms with Gasteiger partial charge < -0.3 is 16.0 Å². The lowest BCUT2D eigenvalue weighted by atomic mass is 10.0. The minimum Gasteiger partial charge on any atom is -0.378 e. The number of carbonyl (C=O) groups is 1. The smallest absolute Gasteiger partial charge is 0.248 e. The van der Waals surface area contributed by atoms with Crippen molar-refractivity contribution in [2.24, 2.45) is 5.73 Å².